The highest BCUT2D eigenvalue weighted by atomic mass is 16.6. The first-order valence-corrected chi connectivity index (χ1v) is 12.1. The Bertz CT molecular complexity index is 355. The molecular formula is C24H50O6. The lowest BCUT2D eigenvalue weighted by molar-refractivity contribution is -0.0975. The molecule has 0 heterocycles. The van der Waals surface area contributed by atoms with Crippen molar-refractivity contribution >= 4 is 0 Å². The van der Waals surface area contributed by atoms with Gasteiger partial charge in [0.2, 0.25) is 0 Å². The van der Waals surface area contributed by atoms with Crippen molar-refractivity contribution in [1.82, 2.24) is 0 Å². The average molecular weight is 435 g/mol. The smallest absolute Gasteiger partial charge is 0.0781 e. The van der Waals surface area contributed by atoms with Gasteiger partial charge in [-0.2, -0.15) is 0 Å². The SMILES string of the molecule is CCCCCCCCCOC(C)COC(C)COC(C)COC(C)COC(C)CO. The van der Waals surface area contributed by atoms with Crippen molar-refractivity contribution in [2.75, 3.05) is 39.6 Å². The first-order chi connectivity index (χ1) is 14.4. The number of ether oxygens (including phenoxy) is 5. The van der Waals surface area contributed by atoms with Crippen LogP contribution < -0.4 is 0 Å². The lowest BCUT2D eigenvalue weighted by Crippen LogP contribution is -2.29. The largest absolute Gasteiger partial charge is 0.394 e. The number of hydrogen-bond acceptors (Lipinski definition) is 6. The standard InChI is InChI=1S/C24H50O6/c1-7-8-9-10-11-12-13-14-26-21(3)16-28-23(5)18-30-24(6)19-29-22(4)17-27-20(2)15-25/h20-25H,7-19H2,1-6H3. The molecule has 1 N–H and O–H groups in total. The maximum Gasteiger partial charge on any atom is 0.0781 e. The molecule has 182 valence electrons. The summed E-state index contributed by atoms with van der Waals surface area (Å²) >= 11 is 0. The summed E-state index contributed by atoms with van der Waals surface area (Å²) in [4.78, 5) is 0. The molecule has 0 amide bonds. The van der Waals surface area contributed by atoms with E-state index in [1.165, 1.54) is 38.5 Å². The van der Waals surface area contributed by atoms with Crippen LogP contribution in [0.5, 0.6) is 0 Å². The summed E-state index contributed by atoms with van der Waals surface area (Å²) in [6.07, 6.45) is 9.00. The van der Waals surface area contributed by atoms with E-state index in [-0.39, 0.29) is 37.1 Å². The van der Waals surface area contributed by atoms with Crippen LogP contribution in [0.4, 0.5) is 0 Å². The minimum atomic E-state index is -0.162. The van der Waals surface area contributed by atoms with Crippen LogP contribution >= 0.6 is 0 Å². The molecule has 0 aromatic rings. The highest BCUT2D eigenvalue weighted by Crippen LogP contribution is 2.08. The third-order valence-electron chi connectivity index (χ3n) is 4.87. The number of aliphatic hydroxyl groups is 1. The van der Waals surface area contributed by atoms with Gasteiger partial charge in [0.1, 0.15) is 0 Å². The Kier molecular flexibility index (Phi) is 20.5. The molecule has 5 unspecified atom stereocenters. The first kappa shape index (κ1) is 29.8. The van der Waals surface area contributed by atoms with Crippen LogP contribution in [0, 0.1) is 0 Å². The van der Waals surface area contributed by atoms with Crippen LogP contribution in [0.2, 0.25) is 0 Å². The monoisotopic (exact) mass is 434 g/mol. The molecule has 0 saturated carbocycles. The van der Waals surface area contributed by atoms with Gasteiger partial charge >= 0.3 is 0 Å². The number of unbranched alkanes of at least 4 members (excludes halogenated alkanes) is 6. The van der Waals surface area contributed by atoms with Gasteiger partial charge in [0.15, 0.2) is 0 Å². The molecule has 0 bridgehead atoms. The second-order valence-electron chi connectivity index (χ2n) is 8.56. The van der Waals surface area contributed by atoms with Crippen molar-refractivity contribution in [3.8, 4) is 0 Å². The normalized spacial score (nSPS) is 16.9. The van der Waals surface area contributed by atoms with E-state index in [4.69, 9.17) is 28.8 Å². The van der Waals surface area contributed by atoms with Crippen molar-refractivity contribution in [2.24, 2.45) is 0 Å². The van der Waals surface area contributed by atoms with E-state index in [2.05, 4.69) is 13.8 Å². The number of aliphatic hydroxyl groups excluding tert-OH is 1. The maximum absolute atomic E-state index is 8.96. The summed E-state index contributed by atoms with van der Waals surface area (Å²) < 4.78 is 28.7. The van der Waals surface area contributed by atoms with E-state index < -0.39 is 0 Å². The summed E-state index contributed by atoms with van der Waals surface area (Å²) in [6.45, 7) is 15.0. The van der Waals surface area contributed by atoms with Gasteiger partial charge in [0, 0.05) is 6.61 Å². The Hall–Kier alpha value is -0.240. The average Bonchev–Trinajstić information content (AvgIpc) is 2.74. The van der Waals surface area contributed by atoms with Crippen molar-refractivity contribution in [3.63, 3.8) is 0 Å². The summed E-state index contributed by atoms with van der Waals surface area (Å²) in [5, 5.41) is 8.96. The van der Waals surface area contributed by atoms with Gasteiger partial charge in [0.25, 0.3) is 0 Å². The molecule has 0 spiro atoms. The Morgan fingerprint density at radius 1 is 0.500 bits per heavy atom. The van der Waals surface area contributed by atoms with Gasteiger partial charge in [-0.25, -0.2) is 0 Å². The summed E-state index contributed by atoms with van der Waals surface area (Å²) in [6, 6.07) is 0. The van der Waals surface area contributed by atoms with E-state index in [0.29, 0.717) is 26.4 Å². The molecule has 0 aliphatic rings. The van der Waals surface area contributed by atoms with Crippen LogP contribution in [-0.4, -0.2) is 75.3 Å². The fourth-order valence-electron chi connectivity index (χ4n) is 2.79. The molecule has 5 atom stereocenters. The van der Waals surface area contributed by atoms with Crippen LogP contribution in [0.3, 0.4) is 0 Å². The van der Waals surface area contributed by atoms with Gasteiger partial charge in [-0.05, 0) is 41.0 Å². The zero-order valence-electron chi connectivity index (χ0n) is 20.6. The minimum absolute atomic E-state index is 0.0141. The Labute approximate surface area is 185 Å². The molecule has 6 nitrogen and oxygen atoms in total. The Morgan fingerprint density at radius 3 is 1.30 bits per heavy atom. The lowest BCUT2D eigenvalue weighted by atomic mass is 10.1. The van der Waals surface area contributed by atoms with Crippen LogP contribution in [0.1, 0.15) is 86.5 Å². The molecule has 0 aromatic carbocycles. The van der Waals surface area contributed by atoms with Crippen LogP contribution in [0.15, 0.2) is 0 Å². The summed E-state index contributed by atoms with van der Waals surface area (Å²) in [5.41, 5.74) is 0. The molecule has 0 radical (unpaired) electrons. The molecule has 0 saturated heterocycles. The van der Waals surface area contributed by atoms with Crippen molar-refractivity contribution in [2.45, 2.75) is 117 Å². The lowest BCUT2D eigenvalue weighted by Gasteiger charge is -2.21. The zero-order chi connectivity index (χ0) is 22.6. The third kappa shape index (κ3) is 19.7. The molecule has 30 heavy (non-hydrogen) atoms. The maximum atomic E-state index is 8.96. The van der Waals surface area contributed by atoms with Crippen molar-refractivity contribution < 1.29 is 28.8 Å². The van der Waals surface area contributed by atoms with Crippen molar-refractivity contribution in [1.29, 1.82) is 0 Å². The molecule has 0 aliphatic heterocycles. The Balaban J connectivity index is 3.60. The van der Waals surface area contributed by atoms with E-state index in [1.807, 2.05) is 27.7 Å². The predicted octanol–water partition coefficient (Wildman–Crippen LogP) is 4.75. The minimum Gasteiger partial charge on any atom is -0.394 e. The van der Waals surface area contributed by atoms with Crippen molar-refractivity contribution in [3.05, 3.63) is 0 Å². The Morgan fingerprint density at radius 2 is 0.867 bits per heavy atom. The molecule has 0 fully saturated rings. The fourth-order valence-corrected chi connectivity index (χ4v) is 2.79. The fraction of sp³-hybridized carbons (Fsp3) is 1.00. The molecule has 0 rings (SSSR count). The van der Waals surface area contributed by atoms with E-state index >= 15 is 0 Å². The number of hydrogen-bond donors (Lipinski definition) is 1. The molecule has 0 aromatic heterocycles. The zero-order valence-corrected chi connectivity index (χ0v) is 20.6. The second-order valence-corrected chi connectivity index (χ2v) is 8.56. The van der Waals surface area contributed by atoms with E-state index in [1.54, 1.807) is 0 Å². The quantitative estimate of drug-likeness (QED) is 0.248. The van der Waals surface area contributed by atoms with Crippen LogP contribution in [0.25, 0.3) is 0 Å². The second kappa shape index (κ2) is 20.7. The highest BCUT2D eigenvalue weighted by Gasteiger charge is 2.12. The van der Waals surface area contributed by atoms with Gasteiger partial charge in [-0.15, -0.1) is 0 Å². The van der Waals surface area contributed by atoms with Gasteiger partial charge in [-0.3, -0.25) is 0 Å². The van der Waals surface area contributed by atoms with Gasteiger partial charge < -0.3 is 28.8 Å². The molecule has 6 heteroatoms. The number of rotatable bonds is 22. The van der Waals surface area contributed by atoms with E-state index in [9.17, 15) is 0 Å². The summed E-state index contributed by atoms with van der Waals surface area (Å²) in [5.74, 6) is 0. The van der Waals surface area contributed by atoms with Crippen LogP contribution in [-0.2, 0) is 23.7 Å². The molecular weight excluding hydrogens is 384 g/mol. The molecule has 0 aliphatic carbocycles. The highest BCUT2D eigenvalue weighted by molar-refractivity contribution is 4.57. The topological polar surface area (TPSA) is 66.4 Å². The first-order valence-electron chi connectivity index (χ1n) is 12.1. The third-order valence-corrected chi connectivity index (χ3v) is 4.87. The predicted molar refractivity (Wildman–Crippen MR) is 122 cm³/mol. The summed E-state index contributed by atoms with van der Waals surface area (Å²) in [7, 11) is 0. The van der Waals surface area contributed by atoms with Gasteiger partial charge in [-0.1, -0.05) is 45.4 Å². The van der Waals surface area contributed by atoms with E-state index in [0.717, 1.165) is 13.0 Å². The van der Waals surface area contributed by atoms with Gasteiger partial charge in [0.05, 0.1) is 63.6 Å².